The Hall–Kier alpha value is -2.23. The van der Waals surface area contributed by atoms with E-state index in [1.165, 1.54) is 16.2 Å². The Morgan fingerprint density at radius 3 is 2.83 bits per heavy atom. The van der Waals surface area contributed by atoms with Gasteiger partial charge in [-0.3, -0.25) is 18.9 Å². The van der Waals surface area contributed by atoms with Gasteiger partial charge in [0.2, 0.25) is 0 Å². The molecule has 1 fully saturated rings. The Morgan fingerprint density at radius 1 is 1.37 bits per heavy atom. The van der Waals surface area contributed by atoms with Crippen molar-refractivity contribution in [2.24, 2.45) is 0 Å². The van der Waals surface area contributed by atoms with Gasteiger partial charge in [0.05, 0.1) is 10.5 Å². The third-order valence-corrected chi connectivity index (χ3v) is 6.28. The van der Waals surface area contributed by atoms with E-state index in [0.717, 1.165) is 18.4 Å². The number of nitrogens with one attached hydrogen (secondary N) is 1. The van der Waals surface area contributed by atoms with Crippen molar-refractivity contribution in [2.75, 3.05) is 25.6 Å². The van der Waals surface area contributed by atoms with Crippen molar-refractivity contribution < 1.29 is 9.53 Å². The van der Waals surface area contributed by atoms with Gasteiger partial charge in [-0.2, -0.15) is 0 Å². The fraction of sp³-hybridized carbons (Fsp3) is 0.429. The predicted molar refractivity (Wildman–Crippen MR) is 126 cm³/mol. The van der Waals surface area contributed by atoms with Crippen molar-refractivity contribution in [2.45, 2.75) is 39.7 Å². The SMILES string of the molecule is CCC(C)N1C(=O)/C(=C/c2c(NCCCOC)nc3ccc(C)cn3c2=O)SC1=S. The Balaban J connectivity index is 2.07. The average molecular weight is 447 g/mol. The zero-order valence-electron chi connectivity index (χ0n) is 17.6. The molecule has 1 aliphatic heterocycles. The van der Waals surface area contributed by atoms with E-state index in [-0.39, 0.29) is 17.5 Å². The summed E-state index contributed by atoms with van der Waals surface area (Å²) < 4.78 is 7.11. The number of pyridine rings is 1. The van der Waals surface area contributed by atoms with Gasteiger partial charge in [-0.25, -0.2) is 4.98 Å². The fourth-order valence-corrected chi connectivity index (χ4v) is 4.56. The van der Waals surface area contributed by atoms with Gasteiger partial charge in [0, 0.05) is 32.5 Å². The molecule has 2 aromatic rings. The molecule has 9 heteroatoms. The topological polar surface area (TPSA) is 75.9 Å². The van der Waals surface area contributed by atoms with E-state index in [4.69, 9.17) is 17.0 Å². The molecule has 1 amide bonds. The number of carbonyl (C=O) groups is 1. The maximum Gasteiger partial charge on any atom is 0.267 e. The summed E-state index contributed by atoms with van der Waals surface area (Å²) in [6, 6.07) is 3.73. The number of anilines is 1. The predicted octanol–water partition coefficient (Wildman–Crippen LogP) is 3.45. The summed E-state index contributed by atoms with van der Waals surface area (Å²) in [4.78, 5) is 32.9. The molecule has 0 spiro atoms. The standard InChI is InChI=1S/C21H26N4O3S2/c1-5-14(3)25-20(27)16(30-21(25)29)11-15-18(22-9-6-10-28-4)23-17-8-7-13(2)12-24(17)19(15)26/h7-8,11-12,14,22H,5-6,9-10H2,1-4H3/b16-11-. The molecule has 0 aliphatic carbocycles. The summed E-state index contributed by atoms with van der Waals surface area (Å²) in [5.41, 5.74) is 1.61. The number of aryl methyl sites for hydroxylation is 1. The molecule has 1 atom stereocenters. The molecule has 30 heavy (non-hydrogen) atoms. The largest absolute Gasteiger partial charge is 0.385 e. The second-order valence-corrected chi connectivity index (χ2v) is 8.87. The van der Waals surface area contributed by atoms with Gasteiger partial charge < -0.3 is 10.1 Å². The number of methoxy groups -OCH3 is 1. The van der Waals surface area contributed by atoms with Gasteiger partial charge >= 0.3 is 0 Å². The number of hydrogen-bond acceptors (Lipinski definition) is 7. The lowest BCUT2D eigenvalue weighted by atomic mass is 10.2. The molecule has 0 radical (unpaired) electrons. The second kappa shape index (κ2) is 9.72. The number of ether oxygens (including phenoxy) is 1. The lowest BCUT2D eigenvalue weighted by Gasteiger charge is -2.21. The van der Waals surface area contributed by atoms with Crippen LogP contribution in [0.1, 0.15) is 37.8 Å². The summed E-state index contributed by atoms with van der Waals surface area (Å²) in [6.45, 7) is 7.08. The minimum Gasteiger partial charge on any atom is -0.385 e. The third kappa shape index (κ3) is 4.58. The van der Waals surface area contributed by atoms with Crippen molar-refractivity contribution in [3.8, 4) is 0 Å². The van der Waals surface area contributed by atoms with Crippen molar-refractivity contribution in [1.82, 2.24) is 14.3 Å². The number of nitrogens with zero attached hydrogens (tertiary/aromatic N) is 3. The van der Waals surface area contributed by atoms with Crippen LogP contribution in [-0.4, -0.2) is 50.8 Å². The lowest BCUT2D eigenvalue weighted by molar-refractivity contribution is -0.123. The van der Waals surface area contributed by atoms with E-state index in [9.17, 15) is 9.59 Å². The molecule has 2 aromatic heterocycles. The van der Waals surface area contributed by atoms with Gasteiger partial charge in [0.1, 0.15) is 15.8 Å². The van der Waals surface area contributed by atoms with Crippen LogP contribution in [0.4, 0.5) is 5.82 Å². The molecule has 0 saturated carbocycles. The number of amides is 1. The highest BCUT2D eigenvalue weighted by Crippen LogP contribution is 2.34. The zero-order chi connectivity index (χ0) is 21.8. The number of carbonyl (C=O) groups excluding carboxylic acids is 1. The molecule has 7 nitrogen and oxygen atoms in total. The summed E-state index contributed by atoms with van der Waals surface area (Å²) in [7, 11) is 1.65. The van der Waals surface area contributed by atoms with Gasteiger partial charge in [-0.05, 0) is 44.4 Å². The Morgan fingerprint density at radius 2 is 2.13 bits per heavy atom. The first-order chi connectivity index (χ1) is 14.4. The monoisotopic (exact) mass is 446 g/mol. The molecule has 1 aliphatic rings. The molecule has 3 heterocycles. The number of hydrogen-bond donors (Lipinski definition) is 1. The Kier molecular flexibility index (Phi) is 7.27. The number of rotatable bonds is 8. The van der Waals surface area contributed by atoms with Crippen molar-refractivity contribution >= 4 is 51.7 Å². The van der Waals surface area contributed by atoms with Crippen molar-refractivity contribution in [3.63, 3.8) is 0 Å². The highest BCUT2D eigenvalue weighted by atomic mass is 32.2. The highest BCUT2D eigenvalue weighted by molar-refractivity contribution is 8.26. The second-order valence-electron chi connectivity index (χ2n) is 7.20. The number of thiocarbonyl (C=S) groups is 1. The van der Waals surface area contributed by atoms with E-state index >= 15 is 0 Å². The first-order valence-electron chi connectivity index (χ1n) is 9.90. The van der Waals surface area contributed by atoms with Crippen LogP contribution in [0.3, 0.4) is 0 Å². The number of fused-ring (bicyclic) bond motifs is 1. The molecule has 0 bridgehead atoms. The smallest absolute Gasteiger partial charge is 0.267 e. The van der Waals surface area contributed by atoms with Crippen LogP contribution in [0.15, 0.2) is 28.0 Å². The van der Waals surface area contributed by atoms with Crippen LogP contribution in [0, 0.1) is 6.92 Å². The summed E-state index contributed by atoms with van der Waals surface area (Å²) >= 11 is 6.63. The molecule has 1 N–H and O–H groups in total. The molecule has 1 unspecified atom stereocenters. The van der Waals surface area contributed by atoms with E-state index in [2.05, 4.69) is 10.3 Å². The highest BCUT2D eigenvalue weighted by Gasteiger charge is 2.35. The summed E-state index contributed by atoms with van der Waals surface area (Å²) in [6.07, 6.45) is 4.93. The van der Waals surface area contributed by atoms with Crippen molar-refractivity contribution in [3.05, 3.63) is 44.7 Å². The molecular formula is C21H26N4O3S2. The number of aromatic nitrogens is 2. The molecule has 1 saturated heterocycles. The maximum atomic E-state index is 13.3. The first kappa shape index (κ1) is 22.5. The van der Waals surface area contributed by atoms with Crippen LogP contribution >= 0.6 is 24.0 Å². The Bertz CT molecular complexity index is 1060. The van der Waals surface area contributed by atoms with Crippen molar-refractivity contribution in [1.29, 1.82) is 0 Å². The molecule has 160 valence electrons. The van der Waals surface area contributed by atoms with Gasteiger partial charge in [-0.15, -0.1) is 0 Å². The van der Waals surface area contributed by atoms with E-state index < -0.39 is 0 Å². The van der Waals surface area contributed by atoms with E-state index in [1.807, 2.05) is 32.9 Å². The lowest BCUT2D eigenvalue weighted by Crippen LogP contribution is -2.36. The fourth-order valence-electron chi connectivity index (χ4n) is 3.12. The van der Waals surface area contributed by atoms with Crippen LogP contribution in [0.2, 0.25) is 0 Å². The van der Waals surface area contributed by atoms with Crippen LogP contribution in [0.25, 0.3) is 11.7 Å². The minimum atomic E-state index is -0.230. The third-order valence-electron chi connectivity index (χ3n) is 4.95. The van der Waals surface area contributed by atoms with Crippen LogP contribution in [0.5, 0.6) is 0 Å². The summed E-state index contributed by atoms with van der Waals surface area (Å²) in [5.74, 6) is 0.284. The minimum absolute atomic E-state index is 0.00788. The maximum absolute atomic E-state index is 13.3. The van der Waals surface area contributed by atoms with Gasteiger partial charge in [0.15, 0.2) is 0 Å². The van der Waals surface area contributed by atoms with Crippen LogP contribution < -0.4 is 10.9 Å². The normalized spacial score (nSPS) is 16.7. The average Bonchev–Trinajstić information content (AvgIpc) is 3.01. The molecule has 0 aromatic carbocycles. The molecular weight excluding hydrogens is 420 g/mol. The van der Waals surface area contributed by atoms with E-state index in [1.54, 1.807) is 24.3 Å². The van der Waals surface area contributed by atoms with Gasteiger partial charge in [-0.1, -0.05) is 37.0 Å². The first-order valence-corrected chi connectivity index (χ1v) is 11.1. The quantitative estimate of drug-likeness (QED) is 0.378. The Labute approximate surface area is 185 Å². The van der Waals surface area contributed by atoms with Crippen LogP contribution in [-0.2, 0) is 9.53 Å². The summed E-state index contributed by atoms with van der Waals surface area (Å²) in [5, 5.41) is 3.22. The van der Waals surface area contributed by atoms with E-state index in [0.29, 0.717) is 39.4 Å². The van der Waals surface area contributed by atoms with Gasteiger partial charge in [0.25, 0.3) is 11.5 Å². The number of thioether (sulfide) groups is 1. The molecule has 3 rings (SSSR count). The zero-order valence-corrected chi connectivity index (χ0v) is 19.2.